The lowest BCUT2D eigenvalue weighted by molar-refractivity contribution is 0.190. The zero-order valence-corrected chi connectivity index (χ0v) is 10.5. The molecule has 0 aliphatic rings. The molecule has 0 saturated carbocycles. The second-order valence-corrected chi connectivity index (χ2v) is 3.83. The van der Waals surface area contributed by atoms with E-state index in [1.807, 2.05) is 6.92 Å². The molecule has 0 aromatic heterocycles. The molecule has 0 aromatic rings. The van der Waals surface area contributed by atoms with Crippen LogP contribution in [-0.2, 0) is 0 Å². The van der Waals surface area contributed by atoms with Crippen molar-refractivity contribution in [2.45, 2.75) is 38.6 Å². The minimum Gasteiger partial charge on any atom is -0.465 e. The van der Waals surface area contributed by atoms with Crippen LogP contribution in [0.25, 0.3) is 0 Å². The van der Waals surface area contributed by atoms with Crippen molar-refractivity contribution < 1.29 is 15.0 Å². The summed E-state index contributed by atoms with van der Waals surface area (Å²) in [6.45, 7) is 4.85. The molecular weight excluding hydrogens is 220 g/mol. The van der Waals surface area contributed by atoms with E-state index in [-0.39, 0.29) is 13.2 Å². The van der Waals surface area contributed by atoms with E-state index < -0.39 is 11.6 Å². The highest BCUT2D eigenvalue weighted by Crippen LogP contribution is 2.08. The molecule has 1 amide bonds. The topological polar surface area (TPSA) is 81.6 Å². The molecule has 0 fully saturated rings. The molecule has 0 saturated heterocycles. The number of carboxylic acid groups (broad SMARTS) is 1. The number of aliphatic hydroxyl groups excluding tert-OH is 1. The molecule has 5 heteroatoms. The summed E-state index contributed by atoms with van der Waals surface area (Å²) in [5, 5.41) is 22.9. The first-order valence-corrected chi connectivity index (χ1v) is 5.87. The molecule has 98 valence electrons. The van der Waals surface area contributed by atoms with Crippen LogP contribution in [0.2, 0.25) is 0 Å². The average molecular weight is 242 g/mol. The van der Waals surface area contributed by atoms with E-state index in [2.05, 4.69) is 22.5 Å². The van der Waals surface area contributed by atoms with Crippen molar-refractivity contribution in [2.75, 3.05) is 19.7 Å². The summed E-state index contributed by atoms with van der Waals surface area (Å²) in [5.41, 5.74) is -0.511. The van der Waals surface area contributed by atoms with Gasteiger partial charge in [-0.1, -0.05) is 12.8 Å². The van der Waals surface area contributed by atoms with Gasteiger partial charge in [0.2, 0.25) is 0 Å². The van der Waals surface area contributed by atoms with E-state index in [0.717, 1.165) is 12.8 Å². The summed E-state index contributed by atoms with van der Waals surface area (Å²) in [7, 11) is 0. The minimum atomic E-state index is -1.04. The number of hydrogen-bond acceptors (Lipinski definition) is 3. The van der Waals surface area contributed by atoms with Crippen LogP contribution < -0.4 is 10.6 Å². The summed E-state index contributed by atoms with van der Waals surface area (Å²) in [6.07, 6.45) is 1.25. The SMILES string of the molecule is CC#CC(CC)(CNC(=O)O)NCCCCO. The van der Waals surface area contributed by atoms with Crippen molar-refractivity contribution in [1.82, 2.24) is 10.6 Å². The van der Waals surface area contributed by atoms with Gasteiger partial charge in [0.05, 0.1) is 12.1 Å². The van der Waals surface area contributed by atoms with Crippen LogP contribution in [0.4, 0.5) is 4.79 Å². The van der Waals surface area contributed by atoms with Gasteiger partial charge in [-0.3, -0.25) is 5.32 Å². The quantitative estimate of drug-likeness (QED) is 0.375. The standard InChI is InChI=1S/C12H22N2O3/c1-3-7-12(4-2,10-13-11(16)17)14-8-5-6-9-15/h13-15H,4-6,8-10H2,1-2H3,(H,16,17). The lowest BCUT2D eigenvalue weighted by atomic mass is 9.96. The van der Waals surface area contributed by atoms with Crippen molar-refractivity contribution in [3.05, 3.63) is 0 Å². The van der Waals surface area contributed by atoms with Gasteiger partial charge in [0.25, 0.3) is 0 Å². The van der Waals surface area contributed by atoms with Gasteiger partial charge in [-0.25, -0.2) is 4.79 Å². The Morgan fingerprint density at radius 2 is 2.12 bits per heavy atom. The van der Waals surface area contributed by atoms with Crippen LogP contribution in [-0.4, -0.2) is 41.5 Å². The summed E-state index contributed by atoms with van der Waals surface area (Å²) >= 11 is 0. The molecule has 1 atom stereocenters. The zero-order valence-electron chi connectivity index (χ0n) is 10.5. The number of unbranched alkanes of at least 4 members (excludes halogenated alkanes) is 1. The van der Waals surface area contributed by atoms with Crippen molar-refractivity contribution in [3.63, 3.8) is 0 Å². The maximum absolute atomic E-state index is 10.5. The first-order chi connectivity index (χ1) is 8.10. The number of aliphatic hydroxyl groups is 1. The maximum atomic E-state index is 10.5. The molecular formula is C12H22N2O3. The monoisotopic (exact) mass is 242 g/mol. The smallest absolute Gasteiger partial charge is 0.404 e. The Bertz CT molecular complexity index is 283. The van der Waals surface area contributed by atoms with E-state index in [9.17, 15) is 4.79 Å². The van der Waals surface area contributed by atoms with Gasteiger partial charge < -0.3 is 15.5 Å². The van der Waals surface area contributed by atoms with Gasteiger partial charge in [0.15, 0.2) is 0 Å². The Morgan fingerprint density at radius 1 is 1.41 bits per heavy atom. The second kappa shape index (κ2) is 8.85. The number of rotatable bonds is 8. The van der Waals surface area contributed by atoms with E-state index >= 15 is 0 Å². The molecule has 0 radical (unpaired) electrons. The third kappa shape index (κ3) is 6.82. The molecule has 5 nitrogen and oxygen atoms in total. The van der Waals surface area contributed by atoms with Gasteiger partial charge in [-0.05, 0) is 32.7 Å². The van der Waals surface area contributed by atoms with Crippen molar-refractivity contribution in [2.24, 2.45) is 0 Å². The molecule has 0 aliphatic carbocycles. The summed E-state index contributed by atoms with van der Waals surface area (Å²) in [4.78, 5) is 10.5. The molecule has 0 heterocycles. The first-order valence-electron chi connectivity index (χ1n) is 5.87. The van der Waals surface area contributed by atoms with Crippen molar-refractivity contribution >= 4 is 6.09 Å². The van der Waals surface area contributed by atoms with Gasteiger partial charge in [-0.2, -0.15) is 0 Å². The Kier molecular flexibility index (Phi) is 8.20. The van der Waals surface area contributed by atoms with Crippen LogP contribution >= 0.6 is 0 Å². The molecule has 4 N–H and O–H groups in total. The Hall–Kier alpha value is -1.25. The fourth-order valence-electron chi connectivity index (χ4n) is 1.52. The van der Waals surface area contributed by atoms with Crippen molar-refractivity contribution in [1.29, 1.82) is 0 Å². The number of hydrogen-bond donors (Lipinski definition) is 4. The fourth-order valence-corrected chi connectivity index (χ4v) is 1.52. The molecule has 0 bridgehead atoms. The van der Waals surface area contributed by atoms with E-state index in [1.54, 1.807) is 6.92 Å². The predicted octanol–water partition coefficient (Wildman–Crippen LogP) is 0.788. The lowest BCUT2D eigenvalue weighted by Gasteiger charge is -2.28. The zero-order chi connectivity index (χ0) is 13.1. The normalized spacial score (nSPS) is 13.4. The first kappa shape index (κ1) is 15.8. The molecule has 0 aromatic carbocycles. The van der Waals surface area contributed by atoms with Crippen LogP contribution in [0, 0.1) is 11.8 Å². The highest BCUT2D eigenvalue weighted by atomic mass is 16.4. The van der Waals surface area contributed by atoms with Crippen LogP contribution in [0.3, 0.4) is 0 Å². The van der Waals surface area contributed by atoms with Crippen LogP contribution in [0.5, 0.6) is 0 Å². The molecule has 0 aliphatic heterocycles. The fraction of sp³-hybridized carbons (Fsp3) is 0.750. The van der Waals surface area contributed by atoms with Gasteiger partial charge >= 0.3 is 6.09 Å². The minimum absolute atomic E-state index is 0.174. The molecule has 17 heavy (non-hydrogen) atoms. The van der Waals surface area contributed by atoms with Gasteiger partial charge in [-0.15, -0.1) is 5.92 Å². The Labute approximate surface area is 103 Å². The largest absolute Gasteiger partial charge is 0.465 e. The van der Waals surface area contributed by atoms with Gasteiger partial charge in [0.1, 0.15) is 0 Å². The van der Waals surface area contributed by atoms with Crippen LogP contribution in [0.15, 0.2) is 0 Å². The Morgan fingerprint density at radius 3 is 2.59 bits per heavy atom. The van der Waals surface area contributed by atoms with Crippen LogP contribution in [0.1, 0.15) is 33.1 Å². The number of amides is 1. The predicted molar refractivity (Wildman–Crippen MR) is 66.8 cm³/mol. The Balaban J connectivity index is 4.35. The van der Waals surface area contributed by atoms with Gasteiger partial charge in [0, 0.05) is 6.61 Å². The molecule has 0 spiro atoms. The summed E-state index contributed by atoms with van der Waals surface area (Å²) < 4.78 is 0. The second-order valence-electron chi connectivity index (χ2n) is 3.83. The average Bonchev–Trinajstić information content (AvgIpc) is 2.31. The third-order valence-corrected chi connectivity index (χ3v) is 2.56. The number of carbonyl (C=O) groups is 1. The van der Waals surface area contributed by atoms with E-state index in [0.29, 0.717) is 13.0 Å². The summed E-state index contributed by atoms with van der Waals surface area (Å²) in [5.74, 6) is 5.86. The maximum Gasteiger partial charge on any atom is 0.404 e. The summed E-state index contributed by atoms with van der Waals surface area (Å²) in [6, 6.07) is 0. The lowest BCUT2D eigenvalue weighted by Crippen LogP contribution is -2.52. The highest BCUT2D eigenvalue weighted by Gasteiger charge is 2.25. The van der Waals surface area contributed by atoms with Crippen molar-refractivity contribution in [3.8, 4) is 11.8 Å². The van der Waals surface area contributed by atoms with E-state index in [1.165, 1.54) is 0 Å². The third-order valence-electron chi connectivity index (χ3n) is 2.56. The number of nitrogens with one attached hydrogen (secondary N) is 2. The highest BCUT2D eigenvalue weighted by molar-refractivity contribution is 5.64. The van der Waals surface area contributed by atoms with E-state index in [4.69, 9.17) is 10.2 Å². The molecule has 1 unspecified atom stereocenters. The molecule has 0 rings (SSSR count).